The SMILES string of the molecule is CC(C)(C)OC(=O)N([C@@H](c1cccc(NN)n1)C(F)(F)F)N1CCCC1. The number of anilines is 1. The van der Waals surface area contributed by atoms with Crippen LogP contribution < -0.4 is 11.3 Å². The third kappa shape index (κ3) is 4.98. The molecule has 146 valence electrons. The van der Waals surface area contributed by atoms with Crippen LogP contribution in [0, 0.1) is 0 Å². The number of halogens is 3. The van der Waals surface area contributed by atoms with E-state index in [-0.39, 0.29) is 11.5 Å². The van der Waals surface area contributed by atoms with E-state index >= 15 is 0 Å². The van der Waals surface area contributed by atoms with E-state index in [4.69, 9.17) is 10.6 Å². The minimum absolute atomic E-state index is 0.0716. The van der Waals surface area contributed by atoms with Gasteiger partial charge >= 0.3 is 12.3 Å². The predicted molar refractivity (Wildman–Crippen MR) is 89.7 cm³/mol. The summed E-state index contributed by atoms with van der Waals surface area (Å²) >= 11 is 0. The number of hydrogen-bond acceptors (Lipinski definition) is 6. The van der Waals surface area contributed by atoms with Crippen LogP contribution in [0.4, 0.5) is 23.8 Å². The molecule has 1 aromatic heterocycles. The Morgan fingerprint density at radius 2 is 1.92 bits per heavy atom. The van der Waals surface area contributed by atoms with Gasteiger partial charge < -0.3 is 10.2 Å². The monoisotopic (exact) mass is 375 g/mol. The summed E-state index contributed by atoms with van der Waals surface area (Å²) in [5.41, 5.74) is 0.950. The van der Waals surface area contributed by atoms with Gasteiger partial charge in [-0.3, -0.25) is 0 Å². The lowest BCUT2D eigenvalue weighted by atomic mass is 10.1. The van der Waals surface area contributed by atoms with Crippen molar-refractivity contribution < 1.29 is 22.7 Å². The Bertz CT molecular complexity index is 627. The zero-order chi connectivity index (χ0) is 19.5. The molecule has 0 saturated carbocycles. The van der Waals surface area contributed by atoms with Crippen molar-refractivity contribution in [3.05, 3.63) is 23.9 Å². The first-order valence-corrected chi connectivity index (χ1v) is 8.30. The van der Waals surface area contributed by atoms with Gasteiger partial charge in [0.2, 0.25) is 0 Å². The standard InChI is InChI=1S/C16H24F3N5O2/c1-15(2,3)26-14(25)24(23-9-4-5-10-23)13(16(17,18)19)11-7-6-8-12(21-11)22-20/h6-8,13H,4-5,9-10,20H2,1-3H3,(H,21,22)/t13-/m0/s1. The van der Waals surface area contributed by atoms with Crippen LogP contribution in [0.5, 0.6) is 0 Å². The first kappa shape index (κ1) is 20.2. The highest BCUT2D eigenvalue weighted by molar-refractivity contribution is 5.68. The van der Waals surface area contributed by atoms with Gasteiger partial charge in [-0.1, -0.05) is 6.07 Å². The molecule has 1 saturated heterocycles. The van der Waals surface area contributed by atoms with Crippen molar-refractivity contribution in [2.24, 2.45) is 5.84 Å². The lowest BCUT2D eigenvalue weighted by Gasteiger charge is -2.39. The summed E-state index contributed by atoms with van der Waals surface area (Å²) in [6.07, 6.45) is -4.42. The molecule has 0 unspecified atom stereocenters. The highest BCUT2D eigenvalue weighted by Gasteiger charge is 2.51. The topological polar surface area (TPSA) is 83.7 Å². The lowest BCUT2D eigenvalue weighted by Crippen LogP contribution is -2.53. The second-order valence-corrected chi connectivity index (χ2v) is 7.02. The van der Waals surface area contributed by atoms with E-state index in [0.29, 0.717) is 30.9 Å². The van der Waals surface area contributed by atoms with Crippen LogP contribution in [0.1, 0.15) is 45.3 Å². The van der Waals surface area contributed by atoms with Crippen molar-refractivity contribution in [3.63, 3.8) is 0 Å². The summed E-state index contributed by atoms with van der Waals surface area (Å²) in [6, 6.07) is 1.77. The molecule has 0 radical (unpaired) electrons. The van der Waals surface area contributed by atoms with E-state index < -0.39 is 23.9 Å². The van der Waals surface area contributed by atoms with Gasteiger partial charge in [0.25, 0.3) is 0 Å². The molecular weight excluding hydrogens is 351 g/mol. The molecule has 1 atom stereocenters. The van der Waals surface area contributed by atoms with E-state index in [1.165, 1.54) is 23.2 Å². The first-order chi connectivity index (χ1) is 12.0. The predicted octanol–water partition coefficient (Wildman–Crippen LogP) is 3.22. The Labute approximate surface area is 150 Å². The summed E-state index contributed by atoms with van der Waals surface area (Å²) in [6.45, 7) is 5.48. The highest BCUT2D eigenvalue weighted by Crippen LogP contribution is 2.39. The Morgan fingerprint density at radius 1 is 1.31 bits per heavy atom. The van der Waals surface area contributed by atoms with Crippen LogP contribution in [0.3, 0.4) is 0 Å². The number of nitrogens with one attached hydrogen (secondary N) is 1. The molecule has 0 spiro atoms. The van der Waals surface area contributed by atoms with Gasteiger partial charge in [-0.2, -0.15) is 13.2 Å². The average molecular weight is 375 g/mol. The van der Waals surface area contributed by atoms with Gasteiger partial charge in [-0.15, -0.1) is 0 Å². The number of hydrogen-bond donors (Lipinski definition) is 2. The smallest absolute Gasteiger partial charge is 0.425 e. The zero-order valence-electron chi connectivity index (χ0n) is 15.0. The molecule has 0 bridgehead atoms. The molecule has 10 heteroatoms. The second-order valence-electron chi connectivity index (χ2n) is 7.02. The fraction of sp³-hybridized carbons (Fsp3) is 0.625. The van der Waals surface area contributed by atoms with Crippen LogP contribution in [0.2, 0.25) is 0 Å². The van der Waals surface area contributed by atoms with Crippen LogP contribution in [0.25, 0.3) is 0 Å². The van der Waals surface area contributed by atoms with E-state index in [0.717, 1.165) is 0 Å². The number of carbonyl (C=O) groups is 1. The van der Waals surface area contributed by atoms with Crippen LogP contribution in [0.15, 0.2) is 18.2 Å². The van der Waals surface area contributed by atoms with E-state index in [1.54, 1.807) is 20.8 Å². The molecule has 26 heavy (non-hydrogen) atoms. The van der Waals surface area contributed by atoms with E-state index in [9.17, 15) is 18.0 Å². The second kappa shape index (κ2) is 7.67. The van der Waals surface area contributed by atoms with Crippen LogP contribution in [-0.2, 0) is 4.74 Å². The molecule has 1 aromatic rings. The van der Waals surface area contributed by atoms with Gasteiger partial charge in [0.15, 0.2) is 6.04 Å². The van der Waals surface area contributed by atoms with E-state index in [1.807, 2.05) is 0 Å². The summed E-state index contributed by atoms with van der Waals surface area (Å²) in [5.74, 6) is 5.33. The lowest BCUT2D eigenvalue weighted by molar-refractivity contribution is -0.216. The number of nitrogen functional groups attached to an aromatic ring is 1. The van der Waals surface area contributed by atoms with Gasteiger partial charge in [-0.25, -0.2) is 25.6 Å². The molecule has 0 aromatic carbocycles. The number of amides is 1. The van der Waals surface area contributed by atoms with Gasteiger partial charge in [0, 0.05) is 13.1 Å². The number of nitrogens with zero attached hydrogens (tertiary/aromatic N) is 3. The average Bonchev–Trinajstić information content (AvgIpc) is 3.03. The number of carbonyl (C=O) groups excluding carboxylic acids is 1. The number of ether oxygens (including phenoxy) is 1. The first-order valence-electron chi connectivity index (χ1n) is 8.30. The number of aromatic nitrogens is 1. The number of hydrazine groups is 2. The molecule has 3 N–H and O–H groups in total. The molecule has 1 aliphatic heterocycles. The number of alkyl halides is 3. The highest BCUT2D eigenvalue weighted by atomic mass is 19.4. The minimum Gasteiger partial charge on any atom is -0.443 e. The van der Waals surface area contributed by atoms with Gasteiger partial charge in [0.05, 0.1) is 5.69 Å². The van der Waals surface area contributed by atoms with Crippen molar-refractivity contribution in [3.8, 4) is 0 Å². The third-order valence-corrected chi connectivity index (χ3v) is 3.72. The summed E-state index contributed by atoms with van der Waals surface area (Å²) in [5, 5.41) is 2.01. The molecule has 1 fully saturated rings. The van der Waals surface area contributed by atoms with Crippen LogP contribution >= 0.6 is 0 Å². The number of pyridine rings is 1. The number of rotatable bonds is 4. The summed E-state index contributed by atoms with van der Waals surface area (Å²) < 4.78 is 47.2. The molecule has 2 heterocycles. The molecular formula is C16H24F3N5O2. The van der Waals surface area contributed by atoms with Crippen molar-refractivity contribution in [1.29, 1.82) is 0 Å². The molecule has 2 rings (SSSR count). The van der Waals surface area contributed by atoms with Crippen molar-refractivity contribution in [2.75, 3.05) is 18.5 Å². The maximum absolute atomic E-state index is 14.0. The molecule has 7 nitrogen and oxygen atoms in total. The van der Waals surface area contributed by atoms with Gasteiger partial charge in [-0.05, 0) is 45.7 Å². The molecule has 1 aliphatic rings. The van der Waals surface area contributed by atoms with Gasteiger partial charge in [0.1, 0.15) is 11.4 Å². The Balaban J connectivity index is 2.49. The Hall–Kier alpha value is -2.07. The maximum Gasteiger partial charge on any atom is 0.425 e. The third-order valence-electron chi connectivity index (χ3n) is 3.72. The largest absolute Gasteiger partial charge is 0.443 e. The quantitative estimate of drug-likeness (QED) is 0.621. The molecule has 0 aliphatic carbocycles. The van der Waals surface area contributed by atoms with Crippen molar-refractivity contribution in [2.45, 2.75) is 51.4 Å². The zero-order valence-corrected chi connectivity index (χ0v) is 15.0. The maximum atomic E-state index is 14.0. The Kier molecular flexibility index (Phi) is 5.97. The van der Waals surface area contributed by atoms with Crippen molar-refractivity contribution in [1.82, 2.24) is 15.0 Å². The minimum atomic E-state index is -4.75. The fourth-order valence-corrected chi connectivity index (χ4v) is 2.72. The van der Waals surface area contributed by atoms with Crippen LogP contribution in [-0.4, -0.2) is 46.0 Å². The van der Waals surface area contributed by atoms with E-state index in [2.05, 4.69) is 10.4 Å². The summed E-state index contributed by atoms with van der Waals surface area (Å²) in [4.78, 5) is 16.6. The van der Waals surface area contributed by atoms with Crippen molar-refractivity contribution >= 4 is 11.9 Å². The normalized spacial score (nSPS) is 17.0. The summed E-state index contributed by atoms with van der Waals surface area (Å²) in [7, 11) is 0. The fourth-order valence-electron chi connectivity index (χ4n) is 2.72. The Morgan fingerprint density at radius 3 is 2.42 bits per heavy atom. The molecule has 1 amide bonds. The number of nitrogens with two attached hydrogens (primary N) is 1.